The highest BCUT2D eigenvalue weighted by Crippen LogP contribution is 2.23. The van der Waals surface area contributed by atoms with Crippen LogP contribution in [0.2, 0.25) is 0 Å². The molecule has 0 saturated carbocycles. The molecule has 0 aliphatic carbocycles. The van der Waals surface area contributed by atoms with E-state index < -0.39 is 53.9 Å². The van der Waals surface area contributed by atoms with Gasteiger partial charge in [0.15, 0.2) is 0 Å². The van der Waals surface area contributed by atoms with Gasteiger partial charge in [-0.3, -0.25) is 19.2 Å². The number of rotatable bonds is 10. The zero-order valence-electron chi connectivity index (χ0n) is 22.3. The highest BCUT2D eigenvalue weighted by molar-refractivity contribution is 5.96. The molecular weight excluding hydrogens is 466 g/mol. The van der Waals surface area contributed by atoms with Gasteiger partial charge in [0, 0.05) is 13.1 Å². The molecule has 11 heteroatoms. The molecule has 2 aliphatic heterocycles. The number of nitrogens with zero attached hydrogens (tertiary/aromatic N) is 2. The maximum absolute atomic E-state index is 13.5. The van der Waals surface area contributed by atoms with Gasteiger partial charge in [-0.2, -0.15) is 0 Å². The molecule has 5 atom stereocenters. The van der Waals surface area contributed by atoms with Gasteiger partial charge in [0.2, 0.25) is 23.6 Å². The van der Waals surface area contributed by atoms with Gasteiger partial charge in [-0.1, -0.05) is 41.5 Å². The van der Waals surface area contributed by atoms with Gasteiger partial charge in [-0.05, 0) is 43.4 Å². The molecule has 2 fully saturated rings. The summed E-state index contributed by atoms with van der Waals surface area (Å²) in [7, 11) is 0. The quantitative estimate of drug-likeness (QED) is 0.329. The fourth-order valence-corrected chi connectivity index (χ4v) is 4.78. The van der Waals surface area contributed by atoms with Gasteiger partial charge in [0.25, 0.3) is 0 Å². The standard InChI is InChI=1S/C25H43N5O6/c1-13(2)18(26)22(32)28-20(15(5)6)23(33)29-11-7-9-16(29)21(31)27-19(14(3)4)24(34)30-12-8-10-17(30)25(35)36/h13-20H,7-12,26H2,1-6H3,(H,27,31)(H,28,32)(H,35,36)/t16-,17-,18-,19-,20-/m0/s1. The van der Waals surface area contributed by atoms with Crippen molar-refractivity contribution >= 4 is 29.6 Å². The number of hydrogen-bond donors (Lipinski definition) is 4. The summed E-state index contributed by atoms with van der Waals surface area (Å²) in [5.74, 6) is -3.30. The van der Waals surface area contributed by atoms with Crippen molar-refractivity contribution in [2.24, 2.45) is 23.5 Å². The largest absolute Gasteiger partial charge is 0.480 e. The summed E-state index contributed by atoms with van der Waals surface area (Å²) >= 11 is 0. The number of amides is 4. The Kier molecular flexibility index (Phi) is 10.3. The van der Waals surface area contributed by atoms with Crippen LogP contribution in [0.25, 0.3) is 0 Å². The number of carbonyl (C=O) groups excluding carboxylic acids is 4. The van der Waals surface area contributed by atoms with Crippen molar-refractivity contribution in [2.75, 3.05) is 13.1 Å². The lowest BCUT2D eigenvalue weighted by atomic mass is 9.99. The molecule has 0 radical (unpaired) electrons. The van der Waals surface area contributed by atoms with Crippen LogP contribution >= 0.6 is 0 Å². The summed E-state index contributed by atoms with van der Waals surface area (Å²) in [5, 5.41) is 15.0. The molecule has 2 rings (SSSR count). The molecule has 0 aromatic carbocycles. The van der Waals surface area contributed by atoms with Gasteiger partial charge >= 0.3 is 5.97 Å². The maximum atomic E-state index is 13.5. The first-order valence-corrected chi connectivity index (χ1v) is 13.0. The number of likely N-dealkylation sites (tertiary alicyclic amines) is 2. The lowest BCUT2D eigenvalue weighted by molar-refractivity contribution is -0.150. The van der Waals surface area contributed by atoms with Crippen LogP contribution < -0.4 is 16.4 Å². The second kappa shape index (κ2) is 12.5. The van der Waals surface area contributed by atoms with Crippen molar-refractivity contribution in [3.05, 3.63) is 0 Å². The van der Waals surface area contributed by atoms with Crippen molar-refractivity contribution in [1.29, 1.82) is 0 Å². The first-order chi connectivity index (χ1) is 16.8. The fraction of sp³-hybridized carbons (Fsp3) is 0.800. The molecule has 0 unspecified atom stereocenters. The lowest BCUT2D eigenvalue weighted by Crippen LogP contribution is -2.60. The molecule has 0 bridgehead atoms. The number of aliphatic carboxylic acids is 1. The van der Waals surface area contributed by atoms with Crippen LogP contribution in [-0.2, 0) is 24.0 Å². The molecule has 0 aromatic rings. The SMILES string of the molecule is CC(C)[C@H](N)C(=O)N[C@H](C(=O)N1CCC[C@H]1C(=O)N[C@H](C(=O)N1CCC[C@H]1C(=O)O)C(C)C)C(C)C. The van der Waals surface area contributed by atoms with E-state index >= 15 is 0 Å². The highest BCUT2D eigenvalue weighted by Gasteiger charge is 2.42. The average Bonchev–Trinajstić information content (AvgIpc) is 3.48. The number of carboxylic acids is 1. The summed E-state index contributed by atoms with van der Waals surface area (Å²) in [4.78, 5) is 66.9. The van der Waals surface area contributed by atoms with Crippen molar-refractivity contribution in [3.63, 3.8) is 0 Å². The number of hydrogen-bond acceptors (Lipinski definition) is 6. The van der Waals surface area contributed by atoms with E-state index in [-0.39, 0.29) is 23.7 Å². The third kappa shape index (κ3) is 6.74. The molecule has 11 nitrogen and oxygen atoms in total. The van der Waals surface area contributed by atoms with Crippen LogP contribution in [0.5, 0.6) is 0 Å². The van der Waals surface area contributed by atoms with Gasteiger partial charge in [-0.15, -0.1) is 0 Å². The van der Waals surface area contributed by atoms with Gasteiger partial charge < -0.3 is 31.3 Å². The normalized spacial score (nSPS) is 22.6. The molecular formula is C25H43N5O6. The van der Waals surface area contributed by atoms with Crippen molar-refractivity contribution in [2.45, 2.75) is 97.4 Å². The third-order valence-electron chi connectivity index (χ3n) is 7.14. The Labute approximate surface area is 213 Å². The van der Waals surface area contributed by atoms with E-state index in [1.54, 1.807) is 13.8 Å². The molecule has 2 heterocycles. The van der Waals surface area contributed by atoms with Gasteiger partial charge in [0.05, 0.1) is 6.04 Å². The molecule has 0 aromatic heterocycles. The molecule has 0 spiro atoms. The molecule has 2 aliphatic rings. The summed E-state index contributed by atoms with van der Waals surface area (Å²) in [6, 6.07) is -4.17. The first kappa shape index (κ1) is 29.5. The monoisotopic (exact) mass is 509 g/mol. The minimum atomic E-state index is -1.05. The zero-order valence-corrected chi connectivity index (χ0v) is 22.3. The third-order valence-corrected chi connectivity index (χ3v) is 7.14. The van der Waals surface area contributed by atoms with Crippen LogP contribution in [0.1, 0.15) is 67.2 Å². The van der Waals surface area contributed by atoms with Crippen LogP contribution in [-0.4, -0.2) is 87.8 Å². The number of carbonyl (C=O) groups is 5. The second-order valence-electron chi connectivity index (χ2n) is 10.9. The molecule has 204 valence electrons. The molecule has 5 N–H and O–H groups in total. The minimum absolute atomic E-state index is 0.0972. The van der Waals surface area contributed by atoms with E-state index in [0.717, 1.165) is 0 Å². The topological polar surface area (TPSA) is 162 Å². The molecule has 36 heavy (non-hydrogen) atoms. The van der Waals surface area contributed by atoms with Crippen molar-refractivity contribution in [3.8, 4) is 0 Å². The van der Waals surface area contributed by atoms with E-state index in [0.29, 0.717) is 38.8 Å². The van der Waals surface area contributed by atoms with Crippen LogP contribution in [0.15, 0.2) is 0 Å². The van der Waals surface area contributed by atoms with Gasteiger partial charge in [-0.25, -0.2) is 4.79 Å². The Morgan fingerprint density at radius 1 is 0.750 bits per heavy atom. The summed E-state index contributed by atoms with van der Waals surface area (Å²) in [6.07, 6.45) is 2.02. The minimum Gasteiger partial charge on any atom is -0.480 e. The summed E-state index contributed by atoms with van der Waals surface area (Å²) in [6.45, 7) is 11.5. The second-order valence-corrected chi connectivity index (χ2v) is 10.9. The van der Waals surface area contributed by atoms with Crippen molar-refractivity contribution in [1.82, 2.24) is 20.4 Å². The van der Waals surface area contributed by atoms with Crippen LogP contribution in [0, 0.1) is 17.8 Å². The number of nitrogens with two attached hydrogens (primary N) is 1. The highest BCUT2D eigenvalue weighted by atomic mass is 16.4. The first-order valence-electron chi connectivity index (χ1n) is 13.0. The van der Waals surface area contributed by atoms with E-state index in [1.807, 2.05) is 27.7 Å². The maximum Gasteiger partial charge on any atom is 0.326 e. The predicted molar refractivity (Wildman–Crippen MR) is 133 cm³/mol. The van der Waals surface area contributed by atoms with Crippen LogP contribution in [0.4, 0.5) is 0 Å². The lowest BCUT2D eigenvalue weighted by Gasteiger charge is -2.33. The summed E-state index contributed by atoms with van der Waals surface area (Å²) in [5.41, 5.74) is 5.96. The smallest absolute Gasteiger partial charge is 0.326 e. The Bertz CT molecular complexity index is 845. The fourth-order valence-electron chi connectivity index (χ4n) is 4.78. The average molecular weight is 510 g/mol. The number of carboxylic acid groups (broad SMARTS) is 1. The van der Waals surface area contributed by atoms with Crippen LogP contribution in [0.3, 0.4) is 0 Å². The Hall–Kier alpha value is -2.69. The van der Waals surface area contributed by atoms with E-state index in [9.17, 15) is 29.1 Å². The predicted octanol–water partition coefficient (Wildman–Crippen LogP) is 0.318. The van der Waals surface area contributed by atoms with Gasteiger partial charge in [0.1, 0.15) is 24.2 Å². The summed E-state index contributed by atoms with van der Waals surface area (Å²) < 4.78 is 0. The molecule has 4 amide bonds. The van der Waals surface area contributed by atoms with E-state index in [2.05, 4.69) is 10.6 Å². The number of nitrogens with one attached hydrogen (secondary N) is 2. The zero-order chi connectivity index (χ0) is 27.3. The van der Waals surface area contributed by atoms with E-state index in [1.165, 1.54) is 9.80 Å². The molecule has 2 saturated heterocycles. The Balaban J connectivity index is 2.16. The van der Waals surface area contributed by atoms with Crippen molar-refractivity contribution < 1.29 is 29.1 Å². The van der Waals surface area contributed by atoms with E-state index in [4.69, 9.17) is 5.73 Å². The Morgan fingerprint density at radius 2 is 1.19 bits per heavy atom. The Morgan fingerprint density at radius 3 is 1.64 bits per heavy atom.